The molecule has 2 aromatic heterocycles. The average Bonchev–Trinajstić information content (AvgIpc) is 3.26. The Bertz CT molecular complexity index is 1130. The van der Waals surface area contributed by atoms with E-state index in [4.69, 9.17) is 11.6 Å². The predicted octanol–water partition coefficient (Wildman–Crippen LogP) is 4.04. The summed E-state index contributed by atoms with van der Waals surface area (Å²) >= 11 is 5.92. The number of tetrazole rings is 1. The molecule has 4 aromatic rings. The van der Waals surface area contributed by atoms with Gasteiger partial charge in [0, 0.05) is 16.1 Å². The first-order chi connectivity index (χ1) is 14.6. The molecule has 1 unspecified atom stereocenters. The Morgan fingerprint density at radius 1 is 1.00 bits per heavy atom. The summed E-state index contributed by atoms with van der Waals surface area (Å²) in [6, 6.07) is 16.1. The van der Waals surface area contributed by atoms with Gasteiger partial charge in [0.25, 0.3) is 5.91 Å². The van der Waals surface area contributed by atoms with Gasteiger partial charge in [0.05, 0.1) is 18.1 Å². The summed E-state index contributed by atoms with van der Waals surface area (Å²) in [7, 11) is 0. The number of carbonyl (C=O) groups excluding carboxylic acids is 1. The van der Waals surface area contributed by atoms with E-state index >= 15 is 0 Å². The van der Waals surface area contributed by atoms with Crippen LogP contribution in [0.2, 0.25) is 5.02 Å². The summed E-state index contributed by atoms with van der Waals surface area (Å²) in [4.78, 5) is 22.7. The number of carbonyl (C=O) groups is 1. The van der Waals surface area contributed by atoms with Gasteiger partial charge in [-0.25, -0.2) is 9.97 Å². The second-order valence-corrected chi connectivity index (χ2v) is 6.95. The van der Waals surface area contributed by atoms with E-state index in [1.54, 1.807) is 36.7 Å². The Balaban J connectivity index is 1.47. The lowest BCUT2D eigenvalue weighted by atomic mass is 10.2. The van der Waals surface area contributed by atoms with Crippen LogP contribution in [0.25, 0.3) is 22.8 Å². The number of nitrogens with one attached hydrogen (secondary N) is 1. The minimum Gasteiger partial charge on any atom is -0.322 e. The molecule has 0 radical (unpaired) electrons. The highest BCUT2D eigenvalue weighted by Gasteiger charge is 2.22. The topological polar surface area (TPSA) is 98.5 Å². The predicted molar refractivity (Wildman–Crippen MR) is 114 cm³/mol. The number of anilines is 1. The zero-order valence-electron chi connectivity index (χ0n) is 16.1. The monoisotopic (exact) mass is 419 g/mol. The number of halogens is 1. The molecule has 0 saturated heterocycles. The van der Waals surface area contributed by atoms with Crippen LogP contribution >= 0.6 is 11.6 Å². The van der Waals surface area contributed by atoms with E-state index < -0.39 is 6.04 Å². The first-order valence-corrected chi connectivity index (χ1v) is 9.75. The van der Waals surface area contributed by atoms with E-state index in [2.05, 4.69) is 30.7 Å². The van der Waals surface area contributed by atoms with Gasteiger partial charge in [-0.2, -0.15) is 4.80 Å². The summed E-state index contributed by atoms with van der Waals surface area (Å²) in [5.41, 5.74) is 2.17. The third-order valence-corrected chi connectivity index (χ3v) is 4.70. The molecule has 8 nitrogen and oxygen atoms in total. The molecule has 1 N–H and O–H groups in total. The Morgan fingerprint density at radius 2 is 1.67 bits per heavy atom. The van der Waals surface area contributed by atoms with Crippen LogP contribution in [0, 0.1) is 0 Å². The van der Waals surface area contributed by atoms with Crippen LogP contribution in [0.3, 0.4) is 0 Å². The lowest BCUT2D eigenvalue weighted by molar-refractivity contribution is -0.120. The van der Waals surface area contributed by atoms with Gasteiger partial charge in [0.2, 0.25) is 5.82 Å². The normalized spacial score (nSPS) is 11.8. The number of nitrogens with zero attached hydrogens (tertiary/aromatic N) is 6. The number of aromatic nitrogens is 6. The Morgan fingerprint density at radius 3 is 2.33 bits per heavy atom. The number of hydrogen-bond donors (Lipinski definition) is 1. The van der Waals surface area contributed by atoms with Gasteiger partial charge in [-0.15, -0.1) is 10.2 Å². The van der Waals surface area contributed by atoms with Crippen molar-refractivity contribution >= 4 is 23.2 Å². The molecule has 0 aliphatic heterocycles. The molecule has 0 spiro atoms. The number of amides is 1. The Labute approximate surface area is 177 Å². The fourth-order valence-electron chi connectivity index (χ4n) is 2.88. The Kier molecular flexibility index (Phi) is 5.76. The lowest BCUT2D eigenvalue weighted by Gasteiger charge is -2.13. The zero-order chi connectivity index (χ0) is 20.9. The average molecular weight is 420 g/mol. The van der Waals surface area contributed by atoms with Gasteiger partial charge in [-0.3, -0.25) is 4.79 Å². The van der Waals surface area contributed by atoms with Gasteiger partial charge < -0.3 is 5.32 Å². The maximum atomic E-state index is 12.8. The molecule has 4 rings (SSSR count). The molecule has 1 amide bonds. The third kappa shape index (κ3) is 4.33. The van der Waals surface area contributed by atoms with Gasteiger partial charge in [0.1, 0.15) is 0 Å². The van der Waals surface area contributed by atoms with Crippen LogP contribution in [0.15, 0.2) is 67.0 Å². The van der Waals surface area contributed by atoms with Crippen molar-refractivity contribution in [2.75, 3.05) is 5.32 Å². The second-order valence-electron chi connectivity index (χ2n) is 6.51. The molecule has 0 fully saturated rings. The zero-order valence-corrected chi connectivity index (χ0v) is 16.9. The highest BCUT2D eigenvalue weighted by Crippen LogP contribution is 2.20. The Hall–Kier alpha value is -3.65. The van der Waals surface area contributed by atoms with Crippen molar-refractivity contribution in [2.45, 2.75) is 19.4 Å². The molecule has 2 aromatic carbocycles. The van der Waals surface area contributed by atoms with E-state index in [9.17, 15) is 4.79 Å². The molecule has 0 aliphatic carbocycles. The van der Waals surface area contributed by atoms with Crippen LogP contribution in [0.4, 0.5) is 5.69 Å². The number of rotatable bonds is 6. The van der Waals surface area contributed by atoms with E-state index in [-0.39, 0.29) is 5.91 Å². The smallest absolute Gasteiger partial charge is 0.251 e. The summed E-state index contributed by atoms with van der Waals surface area (Å²) < 4.78 is 0. The fraction of sp³-hybridized carbons (Fsp3) is 0.143. The van der Waals surface area contributed by atoms with E-state index in [0.717, 1.165) is 11.1 Å². The summed E-state index contributed by atoms with van der Waals surface area (Å²) in [5.74, 6) is 0.744. The molecule has 1 atom stereocenters. The van der Waals surface area contributed by atoms with Gasteiger partial charge >= 0.3 is 0 Å². The summed E-state index contributed by atoms with van der Waals surface area (Å²) in [5, 5.41) is 15.9. The van der Waals surface area contributed by atoms with E-state index in [0.29, 0.717) is 28.8 Å². The number of hydrogen-bond acceptors (Lipinski definition) is 6. The fourth-order valence-corrected chi connectivity index (χ4v) is 3.01. The molecule has 0 bridgehead atoms. The quantitative estimate of drug-likeness (QED) is 0.506. The highest BCUT2D eigenvalue weighted by molar-refractivity contribution is 6.30. The van der Waals surface area contributed by atoms with Crippen LogP contribution in [0.5, 0.6) is 0 Å². The maximum absolute atomic E-state index is 12.8. The van der Waals surface area contributed by atoms with Crippen LogP contribution < -0.4 is 5.32 Å². The minimum absolute atomic E-state index is 0.270. The van der Waals surface area contributed by atoms with Crippen LogP contribution in [-0.2, 0) is 4.79 Å². The highest BCUT2D eigenvalue weighted by atomic mass is 35.5. The van der Waals surface area contributed by atoms with Crippen molar-refractivity contribution in [3.05, 3.63) is 72.0 Å². The van der Waals surface area contributed by atoms with Crippen LogP contribution in [0.1, 0.15) is 19.4 Å². The molecule has 30 heavy (non-hydrogen) atoms. The van der Waals surface area contributed by atoms with Crippen molar-refractivity contribution in [2.24, 2.45) is 0 Å². The molecule has 0 saturated carbocycles. The van der Waals surface area contributed by atoms with Gasteiger partial charge in [0.15, 0.2) is 11.9 Å². The SMILES string of the molecule is CCC(C(=O)Nc1cnc(-c2ccccc2)nc1)n1nnc(-c2ccc(Cl)cc2)n1. The first kappa shape index (κ1) is 19.7. The maximum Gasteiger partial charge on any atom is 0.251 e. The largest absolute Gasteiger partial charge is 0.322 e. The van der Waals surface area contributed by atoms with Crippen LogP contribution in [-0.4, -0.2) is 36.1 Å². The first-order valence-electron chi connectivity index (χ1n) is 9.38. The van der Waals surface area contributed by atoms with E-state index in [1.807, 2.05) is 37.3 Å². The standard InChI is InChI=1S/C21H18ClN7O/c1-2-18(29-27-20(26-28-29)15-8-10-16(22)11-9-15)21(30)25-17-12-23-19(24-13-17)14-6-4-3-5-7-14/h3-13,18H,2H2,1H3,(H,25,30). The second kappa shape index (κ2) is 8.79. The number of benzene rings is 2. The van der Waals surface area contributed by atoms with Crippen molar-refractivity contribution in [1.29, 1.82) is 0 Å². The summed E-state index contributed by atoms with van der Waals surface area (Å²) in [6.45, 7) is 1.88. The minimum atomic E-state index is -0.618. The molecule has 0 aliphatic rings. The molecule has 2 heterocycles. The lowest BCUT2D eigenvalue weighted by Crippen LogP contribution is -2.27. The molecular weight excluding hydrogens is 402 g/mol. The molecule has 150 valence electrons. The molecular formula is C21H18ClN7O. The van der Waals surface area contributed by atoms with Crippen molar-refractivity contribution in [1.82, 2.24) is 30.2 Å². The van der Waals surface area contributed by atoms with Crippen molar-refractivity contribution < 1.29 is 4.79 Å². The summed E-state index contributed by atoms with van der Waals surface area (Å²) in [6.07, 6.45) is 3.65. The van der Waals surface area contributed by atoms with E-state index in [1.165, 1.54) is 4.80 Å². The molecule has 9 heteroatoms. The van der Waals surface area contributed by atoms with Gasteiger partial charge in [-0.05, 0) is 35.9 Å². The van der Waals surface area contributed by atoms with Crippen molar-refractivity contribution in [3.8, 4) is 22.8 Å². The van der Waals surface area contributed by atoms with Gasteiger partial charge in [-0.1, -0.05) is 48.9 Å². The van der Waals surface area contributed by atoms with Crippen molar-refractivity contribution in [3.63, 3.8) is 0 Å². The third-order valence-electron chi connectivity index (χ3n) is 4.45.